The van der Waals surface area contributed by atoms with Gasteiger partial charge < -0.3 is 5.73 Å². The molecule has 2 rings (SSSR count). The Morgan fingerprint density at radius 2 is 2.06 bits per heavy atom. The fraction of sp³-hybridized carbons (Fsp3) is 0.625. The highest BCUT2D eigenvalue weighted by atomic mass is 19.1. The zero-order valence-corrected chi connectivity index (χ0v) is 11.3. The summed E-state index contributed by atoms with van der Waals surface area (Å²) in [7, 11) is 0. The summed E-state index contributed by atoms with van der Waals surface area (Å²) < 4.78 is 13.9. The van der Waals surface area contributed by atoms with Crippen LogP contribution in [-0.4, -0.2) is 0 Å². The summed E-state index contributed by atoms with van der Waals surface area (Å²) >= 11 is 0. The highest BCUT2D eigenvalue weighted by Crippen LogP contribution is 2.38. The molecule has 0 amide bonds. The largest absolute Gasteiger partial charge is 0.321 e. The van der Waals surface area contributed by atoms with Crippen LogP contribution in [0.4, 0.5) is 4.39 Å². The van der Waals surface area contributed by atoms with Gasteiger partial charge in [-0.2, -0.15) is 0 Å². The first-order chi connectivity index (χ1) is 8.65. The smallest absolute Gasteiger partial charge is 0.128 e. The van der Waals surface area contributed by atoms with Gasteiger partial charge >= 0.3 is 0 Å². The van der Waals surface area contributed by atoms with E-state index in [1.807, 2.05) is 12.1 Å². The number of hydrogen-bond acceptors (Lipinski definition) is 1. The molecule has 2 N–H and O–H groups in total. The van der Waals surface area contributed by atoms with Crippen LogP contribution >= 0.6 is 0 Å². The summed E-state index contributed by atoms with van der Waals surface area (Å²) in [5, 5.41) is 0. The molecule has 0 heterocycles. The summed E-state index contributed by atoms with van der Waals surface area (Å²) in [6, 6.07) is 7.01. The molecular weight excluding hydrogens is 225 g/mol. The quantitative estimate of drug-likeness (QED) is 0.791. The molecule has 1 aliphatic carbocycles. The monoisotopic (exact) mass is 249 g/mol. The van der Waals surface area contributed by atoms with Crippen molar-refractivity contribution in [2.75, 3.05) is 0 Å². The minimum absolute atomic E-state index is 0.144. The first-order valence-corrected chi connectivity index (χ1v) is 7.19. The van der Waals surface area contributed by atoms with Crippen LogP contribution in [0.1, 0.15) is 57.4 Å². The number of benzene rings is 1. The Labute approximate surface area is 110 Å². The average Bonchev–Trinajstić information content (AvgIpc) is 2.54. The van der Waals surface area contributed by atoms with Crippen molar-refractivity contribution in [3.8, 4) is 0 Å². The SMILES string of the molecule is CCCC1CCCC(N)(c2ccccc2F)CC1. The van der Waals surface area contributed by atoms with E-state index in [0.29, 0.717) is 5.56 Å². The molecule has 0 radical (unpaired) electrons. The normalized spacial score (nSPS) is 28.9. The lowest BCUT2D eigenvalue weighted by Gasteiger charge is -2.29. The fourth-order valence-electron chi connectivity index (χ4n) is 3.27. The third-order valence-electron chi connectivity index (χ3n) is 4.34. The summed E-state index contributed by atoms with van der Waals surface area (Å²) in [4.78, 5) is 0. The minimum Gasteiger partial charge on any atom is -0.321 e. The second-order valence-corrected chi connectivity index (χ2v) is 5.72. The molecule has 1 saturated carbocycles. The van der Waals surface area contributed by atoms with E-state index in [-0.39, 0.29) is 5.82 Å². The third kappa shape index (κ3) is 2.92. The molecule has 100 valence electrons. The second-order valence-electron chi connectivity index (χ2n) is 5.72. The Hall–Kier alpha value is -0.890. The van der Waals surface area contributed by atoms with Crippen molar-refractivity contribution >= 4 is 0 Å². The van der Waals surface area contributed by atoms with Crippen LogP contribution < -0.4 is 5.73 Å². The maximum absolute atomic E-state index is 13.9. The molecule has 1 fully saturated rings. The van der Waals surface area contributed by atoms with Gasteiger partial charge in [-0.15, -0.1) is 0 Å². The van der Waals surface area contributed by atoms with Crippen molar-refractivity contribution < 1.29 is 4.39 Å². The molecule has 0 aliphatic heterocycles. The highest BCUT2D eigenvalue weighted by molar-refractivity contribution is 5.26. The molecule has 2 atom stereocenters. The van der Waals surface area contributed by atoms with Crippen LogP contribution in [0.25, 0.3) is 0 Å². The van der Waals surface area contributed by atoms with Crippen LogP contribution in [0, 0.1) is 11.7 Å². The Kier molecular flexibility index (Phi) is 4.39. The van der Waals surface area contributed by atoms with E-state index in [1.54, 1.807) is 6.07 Å². The maximum Gasteiger partial charge on any atom is 0.128 e. The number of halogens is 1. The van der Waals surface area contributed by atoms with Crippen molar-refractivity contribution in [2.45, 2.75) is 57.4 Å². The Morgan fingerprint density at radius 3 is 2.78 bits per heavy atom. The van der Waals surface area contributed by atoms with Gasteiger partial charge in [0.05, 0.1) is 0 Å². The summed E-state index contributed by atoms with van der Waals surface area (Å²) in [6.45, 7) is 2.23. The van der Waals surface area contributed by atoms with Gasteiger partial charge in [-0.1, -0.05) is 50.8 Å². The van der Waals surface area contributed by atoms with E-state index in [9.17, 15) is 4.39 Å². The topological polar surface area (TPSA) is 26.0 Å². The highest BCUT2D eigenvalue weighted by Gasteiger charge is 2.32. The van der Waals surface area contributed by atoms with Crippen molar-refractivity contribution in [1.29, 1.82) is 0 Å². The van der Waals surface area contributed by atoms with Crippen molar-refractivity contribution in [2.24, 2.45) is 11.7 Å². The molecule has 2 heteroatoms. The zero-order chi connectivity index (χ0) is 13.0. The Balaban J connectivity index is 2.14. The molecule has 0 saturated heterocycles. The van der Waals surface area contributed by atoms with Crippen molar-refractivity contribution in [3.05, 3.63) is 35.6 Å². The van der Waals surface area contributed by atoms with Crippen molar-refractivity contribution in [1.82, 2.24) is 0 Å². The Morgan fingerprint density at radius 1 is 1.28 bits per heavy atom. The van der Waals surface area contributed by atoms with Crippen LogP contribution in [-0.2, 0) is 5.54 Å². The summed E-state index contributed by atoms with van der Waals surface area (Å²) in [5.41, 5.74) is 6.76. The van der Waals surface area contributed by atoms with Gasteiger partial charge in [0.1, 0.15) is 5.82 Å². The average molecular weight is 249 g/mol. The lowest BCUT2D eigenvalue weighted by atomic mass is 9.83. The van der Waals surface area contributed by atoms with E-state index in [1.165, 1.54) is 25.3 Å². The van der Waals surface area contributed by atoms with E-state index < -0.39 is 5.54 Å². The third-order valence-corrected chi connectivity index (χ3v) is 4.34. The standard InChI is InChI=1S/C16H24FN/c1-2-6-13-7-5-11-16(18,12-10-13)14-8-3-4-9-15(14)17/h3-4,8-9,13H,2,5-7,10-12,18H2,1H3. The lowest BCUT2D eigenvalue weighted by Crippen LogP contribution is -2.37. The Bertz CT molecular complexity index is 390. The predicted molar refractivity (Wildman–Crippen MR) is 73.7 cm³/mol. The molecule has 0 aromatic heterocycles. The van der Waals surface area contributed by atoms with E-state index in [0.717, 1.165) is 31.6 Å². The minimum atomic E-state index is -0.451. The zero-order valence-electron chi connectivity index (χ0n) is 11.3. The molecule has 18 heavy (non-hydrogen) atoms. The van der Waals surface area contributed by atoms with E-state index in [4.69, 9.17) is 5.73 Å². The van der Waals surface area contributed by atoms with Crippen molar-refractivity contribution in [3.63, 3.8) is 0 Å². The molecule has 0 spiro atoms. The first kappa shape index (κ1) is 13.5. The van der Waals surface area contributed by atoms with Gasteiger partial charge in [-0.05, 0) is 31.2 Å². The second kappa shape index (κ2) is 5.83. The molecule has 1 aromatic carbocycles. The number of rotatable bonds is 3. The molecule has 1 aromatic rings. The first-order valence-electron chi connectivity index (χ1n) is 7.19. The van der Waals surface area contributed by atoms with Crippen LogP contribution in [0.5, 0.6) is 0 Å². The fourth-order valence-corrected chi connectivity index (χ4v) is 3.27. The summed E-state index contributed by atoms with van der Waals surface area (Å²) in [6.07, 6.45) is 7.86. The van der Waals surface area contributed by atoms with Crippen LogP contribution in [0.2, 0.25) is 0 Å². The van der Waals surface area contributed by atoms with Gasteiger partial charge in [0, 0.05) is 11.1 Å². The van der Waals surface area contributed by atoms with Gasteiger partial charge in [-0.3, -0.25) is 0 Å². The summed E-state index contributed by atoms with van der Waals surface area (Å²) in [5.74, 6) is 0.640. The molecule has 2 unspecified atom stereocenters. The molecule has 0 bridgehead atoms. The number of nitrogens with two attached hydrogens (primary N) is 1. The van der Waals surface area contributed by atoms with Crippen LogP contribution in [0.15, 0.2) is 24.3 Å². The van der Waals surface area contributed by atoms with Gasteiger partial charge in [0.15, 0.2) is 0 Å². The van der Waals surface area contributed by atoms with E-state index in [2.05, 4.69) is 6.92 Å². The number of hydrogen-bond donors (Lipinski definition) is 1. The van der Waals surface area contributed by atoms with Gasteiger partial charge in [-0.25, -0.2) is 4.39 Å². The van der Waals surface area contributed by atoms with Crippen LogP contribution in [0.3, 0.4) is 0 Å². The molecular formula is C16H24FN. The van der Waals surface area contributed by atoms with E-state index >= 15 is 0 Å². The van der Waals surface area contributed by atoms with Gasteiger partial charge in [0.25, 0.3) is 0 Å². The lowest BCUT2D eigenvalue weighted by molar-refractivity contribution is 0.354. The van der Waals surface area contributed by atoms with Gasteiger partial charge in [0.2, 0.25) is 0 Å². The maximum atomic E-state index is 13.9. The predicted octanol–water partition coefficient (Wildman–Crippen LogP) is 4.36. The molecule has 1 nitrogen and oxygen atoms in total. The molecule has 1 aliphatic rings.